The third-order valence-corrected chi connectivity index (χ3v) is 4.34. The molecule has 1 aliphatic rings. The lowest BCUT2D eigenvalue weighted by Crippen LogP contribution is -2.00. The summed E-state index contributed by atoms with van der Waals surface area (Å²) in [4.78, 5) is 0. The number of halogens is 2. The fourth-order valence-electron chi connectivity index (χ4n) is 1.73. The molecule has 1 unspecified atom stereocenters. The molecule has 0 spiro atoms. The van der Waals surface area contributed by atoms with Gasteiger partial charge >= 0.3 is 0 Å². The lowest BCUT2D eigenvalue weighted by Gasteiger charge is -2.13. The molecule has 15 heavy (non-hydrogen) atoms. The zero-order chi connectivity index (χ0) is 10.8. The van der Waals surface area contributed by atoms with Crippen molar-refractivity contribution in [3.05, 3.63) is 31.8 Å². The summed E-state index contributed by atoms with van der Waals surface area (Å²) in [6.07, 6.45) is 4.50. The summed E-state index contributed by atoms with van der Waals surface area (Å²) < 4.78 is 2.20. The van der Waals surface area contributed by atoms with E-state index in [2.05, 4.69) is 38.5 Å². The predicted molar refractivity (Wildman–Crippen MR) is 73.8 cm³/mol. The maximum Gasteiger partial charge on any atom is 0.0800 e. The molecular formula is C12H14BrIO. The highest BCUT2D eigenvalue weighted by Crippen LogP contribution is 2.36. The van der Waals surface area contributed by atoms with Gasteiger partial charge in [-0.3, -0.25) is 0 Å². The maximum absolute atomic E-state index is 10.1. The van der Waals surface area contributed by atoms with Crippen molar-refractivity contribution in [1.29, 1.82) is 0 Å². The zero-order valence-electron chi connectivity index (χ0n) is 8.42. The van der Waals surface area contributed by atoms with Crippen molar-refractivity contribution in [3.8, 4) is 0 Å². The van der Waals surface area contributed by atoms with Crippen LogP contribution in [-0.2, 0) is 0 Å². The zero-order valence-corrected chi connectivity index (χ0v) is 12.2. The van der Waals surface area contributed by atoms with E-state index in [9.17, 15) is 5.11 Å². The second kappa shape index (κ2) is 5.15. The molecule has 0 amide bonds. The first-order chi connectivity index (χ1) is 7.16. The van der Waals surface area contributed by atoms with Gasteiger partial charge in [-0.1, -0.05) is 28.8 Å². The van der Waals surface area contributed by atoms with Crippen molar-refractivity contribution in [3.63, 3.8) is 0 Å². The normalized spacial score (nSPS) is 17.8. The summed E-state index contributed by atoms with van der Waals surface area (Å²) in [5, 5.41) is 10.1. The molecule has 1 saturated carbocycles. The van der Waals surface area contributed by atoms with Crippen LogP contribution in [0.4, 0.5) is 0 Å². The third kappa shape index (κ3) is 3.43. The first-order valence-electron chi connectivity index (χ1n) is 5.30. The van der Waals surface area contributed by atoms with E-state index in [4.69, 9.17) is 0 Å². The van der Waals surface area contributed by atoms with Crippen LogP contribution in [0, 0.1) is 9.49 Å². The minimum absolute atomic E-state index is 0.296. The van der Waals surface area contributed by atoms with E-state index in [0.717, 1.165) is 25.9 Å². The molecule has 0 aromatic heterocycles. The van der Waals surface area contributed by atoms with E-state index in [0.29, 0.717) is 0 Å². The largest absolute Gasteiger partial charge is 0.388 e. The monoisotopic (exact) mass is 380 g/mol. The van der Waals surface area contributed by atoms with E-state index >= 15 is 0 Å². The molecule has 1 nitrogen and oxygen atoms in total. The SMILES string of the molecule is OC(CCC1CC1)c1cc(Br)ccc1I. The molecule has 0 aliphatic heterocycles. The van der Waals surface area contributed by atoms with Gasteiger partial charge in [0.15, 0.2) is 0 Å². The van der Waals surface area contributed by atoms with Crippen molar-refractivity contribution < 1.29 is 5.11 Å². The van der Waals surface area contributed by atoms with Gasteiger partial charge in [0.05, 0.1) is 6.10 Å². The van der Waals surface area contributed by atoms with Gasteiger partial charge < -0.3 is 5.11 Å². The molecule has 1 aromatic rings. The Labute approximate surface area is 113 Å². The predicted octanol–water partition coefficient (Wildman–Crippen LogP) is 4.28. The average Bonchev–Trinajstić information content (AvgIpc) is 3.02. The van der Waals surface area contributed by atoms with Crippen LogP contribution in [0.5, 0.6) is 0 Å². The molecule has 1 aromatic carbocycles. The molecule has 0 heterocycles. The Morgan fingerprint density at radius 1 is 1.47 bits per heavy atom. The van der Waals surface area contributed by atoms with Crippen LogP contribution in [0.15, 0.2) is 22.7 Å². The Kier molecular flexibility index (Phi) is 4.07. The van der Waals surface area contributed by atoms with Crippen molar-refractivity contribution >= 4 is 38.5 Å². The number of hydrogen-bond donors (Lipinski definition) is 1. The minimum atomic E-state index is -0.296. The fourth-order valence-corrected chi connectivity index (χ4v) is 2.80. The van der Waals surface area contributed by atoms with Crippen LogP contribution < -0.4 is 0 Å². The smallest absolute Gasteiger partial charge is 0.0800 e. The van der Waals surface area contributed by atoms with Crippen LogP contribution >= 0.6 is 38.5 Å². The molecule has 1 fully saturated rings. The van der Waals surface area contributed by atoms with Gasteiger partial charge in [-0.2, -0.15) is 0 Å². The molecule has 1 aliphatic carbocycles. The average molecular weight is 381 g/mol. The number of benzene rings is 1. The van der Waals surface area contributed by atoms with Crippen LogP contribution in [0.2, 0.25) is 0 Å². The molecule has 1 atom stereocenters. The lowest BCUT2D eigenvalue weighted by molar-refractivity contribution is 0.161. The summed E-state index contributed by atoms with van der Waals surface area (Å²) in [7, 11) is 0. The Balaban J connectivity index is 2.02. The van der Waals surface area contributed by atoms with Crippen LogP contribution in [0.1, 0.15) is 37.4 Å². The van der Waals surface area contributed by atoms with Crippen LogP contribution in [0.25, 0.3) is 0 Å². The summed E-state index contributed by atoms with van der Waals surface area (Å²) in [5.74, 6) is 0.893. The third-order valence-electron chi connectivity index (χ3n) is 2.86. The maximum atomic E-state index is 10.1. The molecule has 1 N–H and O–H groups in total. The van der Waals surface area contributed by atoms with Gasteiger partial charge in [-0.15, -0.1) is 0 Å². The van der Waals surface area contributed by atoms with Crippen molar-refractivity contribution in [2.75, 3.05) is 0 Å². The van der Waals surface area contributed by atoms with Crippen LogP contribution in [-0.4, -0.2) is 5.11 Å². The van der Waals surface area contributed by atoms with Gasteiger partial charge in [0.1, 0.15) is 0 Å². The Morgan fingerprint density at radius 2 is 2.20 bits per heavy atom. The summed E-state index contributed by atoms with van der Waals surface area (Å²) in [6.45, 7) is 0. The standard InChI is InChI=1S/C12H14BrIO/c13-9-4-5-11(14)10(7-9)12(15)6-3-8-1-2-8/h4-5,7-8,12,15H,1-3,6H2. The van der Waals surface area contributed by atoms with Gasteiger partial charge in [-0.05, 0) is 65.1 Å². The van der Waals surface area contributed by atoms with Crippen LogP contribution in [0.3, 0.4) is 0 Å². The molecule has 0 saturated heterocycles. The van der Waals surface area contributed by atoms with Gasteiger partial charge in [0, 0.05) is 8.04 Å². The second-order valence-electron chi connectivity index (χ2n) is 4.20. The molecular weight excluding hydrogens is 367 g/mol. The molecule has 82 valence electrons. The Bertz CT molecular complexity index is 349. The van der Waals surface area contributed by atoms with Crippen molar-refractivity contribution in [1.82, 2.24) is 0 Å². The summed E-state index contributed by atoms with van der Waals surface area (Å²) in [5.41, 5.74) is 1.06. The van der Waals surface area contributed by atoms with E-state index < -0.39 is 0 Å². The van der Waals surface area contributed by atoms with Crippen molar-refractivity contribution in [2.24, 2.45) is 5.92 Å². The van der Waals surface area contributed by atoms with E-state index in [1.165, 1.54) is 19.3 Å². The number of aliphatic hydroxyl groups is 1. The highest BCUT2D eigenvalue weighted by Gasteiger charge is 2.22. The van der Waals surface area contributed by atoms with Crippen molar-refractivity contribution in [2.45, 2.75) is 31.8 Å². The summed E-state index contributed by atoms with van der Waals surface area (Å²) >= 11 is 5.73. The fraction of sp³-hybridized carbons (Fsp3) is 0.500. The molecule has 0 radical (unpaired) electrons. The van der Waals surface area contributed by atoms with E-state index in [-0.39, 0.29) is 6.10 Å². The highest BCUT2D eigenvalue weighted by atomic mass is 127. The molecule has 0 bridgehead atoms. The Morgan fingerprint density at radius 3 is 2.87 bits per heavy atom. The van der Waals surface area contributed by atoms with E-state index in [1.54, 1.807) is 0 Å². The quantitative estimate of drug-likeness (QED) is 0.773. The first kappa shape index (κ1) is 11.9. The number of rotatable bonds is 4. The highest BCUT2D eigenvalue weighted by molar-refractivity contribution is 14.1. The van der Waals surface area contributed by atoms with Gasteiger partial charge in [0.2, 0.25) is 0 Å². The second-order valence-corrected chi connectivity index (χ2v) is 6.28. The van der Waals surface area contributed by atoms with E-state index in [1.807, 2.05) is 18.2 Å². The molecule has 3 heteroatoms. The number of hydrogen-bond acceptors (Lipinski definition) is 1. The number of aliphatic hydroxyl groups excluding tert-OH is 1. The topological polar surface area (TPSA) is 20.2 Å². The summed E-state index contributed by atoms with van der Waals surface area (Å²) in [6, 6.07) is 6.08. The lowest BCUT2D eigenvalue weighted by atomic mass is 10.0. The first-order valence-corrected chi connectivity index (χ1v) is 7.17. The van der Waals surface area contributed by atoms with Gasteiger partial charge in [-0.25, -0.2) is 0 Å². The van der Waals surface area contributed by atoms with Gasteiger partial charge in [0.25, 0.3) is 0 Å². The molecule has 2 rings (SSSR count). The minimum Gasteiger partial charge on any atom is -0.388 e. The Hall–Kier alpha value is 0.390.